The number of rotatable bonds is 3. The Hall–Kier alpha value is -1.35. The Morgan fingerprint density at radius 2 is 1.88 bits per heavy atom. The van der Waals surface area contributed by atoms with Crippen LogP contribution in [-0.4, -0.2) is 12.5 Å². The van der Waals surface area contributed by atoms with Gasteiger partial charge in [0.25, 0.3) is 5.91 Å². The normalized spacial score (nSPS) is 10.5. The molecule has 0 aliphatic heterocycles. The highest BCUT2D eigenvalue weighted by Crippen LogP contribution is 2.26. The van der Waals surface area contributed by atoms with Gasteiger partial charge in [-0.05, 0) is 29.3 Å². The fourth-order valence-electron chi connectivity index (χ4n) is 1.79. The minimum atomic E-state index is -0.00412. The molecule has 0 heterocycles. The zero-order valence-electron chi connectivity index (χ0n) is 9.66. The average Bonchev–Trinajstić information content (AvgIpc) is 2.37. The maximum atomic E-state index is 12.0. The number of halogens is 1. The van der Waals surface area contributed by atoms with Crippen LogP contribution in [0.4, 0.5) is 0 Å². The van der Waals surface area contributed by atoms with E-state index in [1.165, 1.54) is 0 Å². The summed E-state index contributed by atoms with van der Waals surface area (Å²) in [7, 11) is 0. The number of carbonyl (C=O) groups is 1. The average molecular weight is 292 g/mol. The smallest absolute Gasteiger partial charge is 0.251 e. The van der Waals surface area contributed by atoms with Crippen molar-refractivity contribution in [2.24, 2.45) is 0 Å². The lowest BCUT2D eigenvalue weighted by atomic mass is 10.0. The largest absolute Gasteiger partial charge is 0.352 e. The van der Waals surface area contributed by atoms with E-state index in [9.17, 15) is 4.79 Å². The summed E-state index contributed by atoms with van der Waals surface area (Å²) in [5, 5.41) is 4.95. The minimum Gasteiger partial charge on any atom is -0.352 e. The second-order valence-corrected chi connectivity index (χ2v) is 4.75. The van der Waals surface area contributed by atoms with Gasteiger partial charge in [0.05, 0.1) is 0 Å². The summed E-state index contributed by atoms with van der Waals surface area (Å²) in [4.78, 5) is 12.0. The van der Waals surface area contributed by atoms with Gasteiger partial charge in [-0.3, -0.25) is 4.79 Å². The second kappa shape index (κ2) is 5.32. The van der Waals surface area contributed by atoms with E-state index < -0.39 is 0 Å². The predicted octanol–water partition coefficient (Wildman–Crippen LogP) is 3.74. The standard InChI is InChI=1S/C14H14BrNO/c1-2-9-16-14(17)12-7-8-13(15)11-6-4-3-5-10(11)12/h3-8H,2,9H2,1H3,(H,16,17). The molecule has 0 unspecified atom stereocenters. The number of hydrogen-bond acceptors (Lipinski definition) is 1. The molecule has 2 aromatic rings. The van der Waals surface area contributed by atoms with Crippen LogP contribution >= 0.6 is 15.9 Å². The van der Waals surface area contributed by atoms with Gasteiger partial charge in [0, 0.05) is 16.6 Å². The molecular formula is C14H14BrNO. The molecule has 0 atom stereocenters. The van der Waals surface area contributed by atoms with Crippen molar-refractivity contribution in [2.45, 2.75) is 13.3 Å². The van der Waals surface area contributed by atoms with Crippen LogP contribution in [0, 0.1) is 0 Å². The first-order valence-electron chi connectivity index (χ1n) is 5.69. The van der Waals surface area contributed by atoms with Gasteiger partial charge < -0.3 is 5.32 Å². The Bertz CT molecular complexity index is 551. The van der Waals surface area contributed by atoms with Gasteiger partial charge in [0.1, 0.15) is 0 Å². The second-order valence-electron chi connectivity index (χ2n) is 3.90. The van der Waals surface area contributed by atoms with Gasteiger partial charge >= 0.3 is 0 Å². The van der Waals surface area contributed by atoms with E-state index in [1.54, 1.807) is 0 Å². The Morgan fingerprint density at radius 1 is 1.18 bits per heavy atom. The van der Waals surface area contributed by atoms with Crippen molar-refractivity contribution >= 4 is 32.6 Å². The maximum Gasteiger partial charge on any atom is 0.251 e. The molecule has 0 bridgehead atoms. The van der Waals surface area contributed by atoms with Crippen LogP contribution in [0.25, 0.3) is 10.8 Å². The fourth-order valence-corrected chi connectivity index (χ4v) is 2.27. The van der Waals surface area contributed by atoms with Gasteiger partial charge in [-0.2, -0.15) is 0 Å². The van der Waals surface area contributed by atoms with Gasteiger partial charge in [-0.25, -0.2) is 0 Å². The molecule has 0 aromatic heterocycles. The first-order valence-corrected chi connectivity index (χ1v) is 6.48. The molecule has 1 amide bonds. The molecule has 0 spiro atoms. The summed E-state index contributed by atoms with van der Waals surface area (Å²) in [6.07, 6.45) is 0.945. The summed E-state index contributed by atoms with van der Waals surface area (Å²) in [6, 6.07) is 11.7. The van der Waals surface area contributed by atoms with Gasteiger partial charge in [0.2, 0.25) is 0 Å². The highest BCUT2D eigenvalue weighted by molar-refractivity contribution is 9.10. The summed E-state index contributed by atoms with van der Waals surface area (Å²) in [5.41, 5.74) is 0.734. The topological polar surface area (TPSA) is 29.1 Å². The van der Waals surface area contributed by atoms with Gasteiger partial charge in [-0.15, -0.1) is 0 Å². The van der Waals surface area contributed by atoms with E-state index in [2.05, 4.69) is 21.2 Å². The number of fused-ring (bicyclic) bond motifs is 1. The molecular weight excluding hydrogens is 278 g/mol. The number of benzene rings is 2. The van der Waals surface area contributed by atoms with Crippen LogP contribution in [0.2, 0.25) is 0 Å². The van der Waals surface area contributed by atoms with Crippen molar-refractivity contribution in [3.05, 3.63) is 46.4 Å². The maximum absolute atomic E-state index is 12.0. The summed E-state index contributed by atoms with van der Waals surface area (Å²) in [6.45, 7) is 2.75. The fraction of sp³-hybridized carbons (Fsp3) is 0.214. The van der Waals surface area contributed by atoms with Crippen LogP contribution in [0.1, 0.15) is 23.7 Å². The monoisotopic (exact) mass is 291 g/mol. The van der Waals surface area contributed by atoms with Gasteiger partial charge in [0.15, 0.2) is 0 Å². The van der Waals surface area contributed by atoms with Gasteiger partial charge in [-0.1, -0.05) is 47.1 Å². The highest BCUT2D eigenvalue weighted by atomic mass is 79.9. The number of carbonyl (C=O) groups excluding carboxylic acids is 1. The molecule has 0 saturated carbocycles. The Balaban J connectivity index is 2.48. The third-order valence-electron chi connectivity index (χ3n) is 2.65. The number of hydrogen-bond donors (Lipinski definition) is 1. The zero-order valence-corrected chi connectivity index (χ0v) is 11.3. The first-order chi connectivity index (χ1) is 8.24. The lowest BCUT2D eigenvalue weighted by Crippen LogP contribution is -2.24. The van der Waals surface area contributed by atoms with Crippen molar-refractivity contribution in [2.75, 3.05) is 6.54 Å². The van der Waals surface area contributed by atoms with Crippen LogP contribution in [0.5, 0.6) is 0 Å². The van der Waals surface area contributed by atoms with E-state index >= 15 is 0 Å². The number of nitrogens with one attached hydrogen (secondary N) is 1. The quantitative estimate of drug-likeness (QED) is 0.917. The van der Waals surface area contributed by atoms with Crippen molar-refractivity contribution in [3.8, 4) is 0 Å². The minimum absolute atomic E-state index is 0.00412. The van der Waals surface area contributed by atoms with E-state index in [1.807, 2.05) is 43.3 Å². The molecule has 3 heteroatoms. The van der Waals surface area contributed by atoms with Crippen molar-refractivity contribution < 1.29 is 4.79 Å². The van der Waals surface area contributed by atoms with Crippen LogP contribution in [-0.2, 0) is 0 Å². The van der Waals surface area contributed by atoms with E-state index in [4.69, 9.17) is 0 Å². The molecule has 0 radical (unpaired) electrons. The number of amides is 1. The summed E-state index contributed by atoms with van der Waals surface area (Å²) < 4.78 is 1.01. The third-order valence-corrected chi connectivity index (χ3v) is 3.34. The summed E-state index contributed by atoms with van der Waals surface area (Å²) in [5.74, 6) is -0.00412. The van der Waals surface area contributed by atoms with Crippen LogP contribution < -0.4 is 5.32 Å². The van der Waals surface area contributed by atoms with Crippen LogP contribution in [0.3, 0.4) is 0 Å². The lowest BCUT2D eigenvalue weighted by Gasteiger charge is -2.08. The third kappa shape index (κ3) is 2.50. The molecule has 0 fully saturated rings. The van der Waals surface area contributed by atoms with E-state index in [0.29, 0.717) is 6.54 Å². The predicted molar refractivity (Wildman–Crippen MR) is 74.3 cm³/mol. The van der Waals surface area contributed by atoms with Crippen molar-refractivity contribution in [3.63, 3.8) is 0 Å². The lowest BCUT2D eigenvalue weighted by molar-refractivity contribution is 0.0955. The molecule has 2 aromatic carbocycles. The van der Waals surface area contributed by atoms with Crippen molar-refractivity contribution in [1.29, 1.82) is 0 Å². The van der Waals surface area contributed by atoms with Crippen LogP contribution in [0.15, 0.2) is 40.9 Å². The molecule has 2 nitrogen and oxygen atoms in total. The van der Waals surface area contributed by atoms with E-state index in [0.717, 1.165) is 27.2 Å². The molecule has 17 heavy (non-hydrogen) atoms. The Kier molecular flexibility index (Phi) is 3.79. The molecule has 88 valence electrons. The first kappa shape index (κ1) is 12.1. The molecule has 2 rings (SSSR count). The molecule has 0 saturated heterocycles. The SMILES string of the molecule is CCCNC(=O)c1ccc(Br)c2ccccc12. The Labute approximate surface area is 109 Å². The molecule has 0 aliphatic carbocycles. The highest BCUT2D eigenvalue weighted by Gasteiger charge is 2.10. The Morgan fingerprint density at radius 3 is 2.59 bits per heavy atom. The zero-order chi connectivity index (χ0) is 12.3. The molecule has 1 N–H and O–H groups in total. The van der Waals surface area contributed by atoms with Crippen molar-refractivity contribution in [1.82, 2.24) is 5.32 Å². The van der Waals surface area contributed by atoms with E-state index in [-0.39, 0.29) is 5.91 Å². The summed E-state index contributed by atoms with van der Waals surface area (Å²) >= 11 is 3.50. The molecule has 0 aliphatic rings.